The minimum atomic E-state index is -0.247. The van der Waals surface area contributed by atoms with Gasteiger partial charge in [0.1, 0.15) is 0 Å². The molecule has 6 nitrogen and oxygen atoms in total. The van der Waals surface area contributed by atoms with Crippen LogP contribution < -0.4 is 10.9 Å². The molecule has 0 unspecified atom stereocenters. The first-order chi connectivity index (χ1) is 10.8. The zero-order valence-corrected chi connectivity index (χ0v) is 12.8. The maximum Gasteiger partial charge on any atom is 0.279 e. The Labute approximate surface area is 129 Å². The van der Waals surface area contributed by atoms with Crippen molar-refractivity contribution in [2.45, 2.75) is 26.2 Å². The van der Waals surface area contributed by atoms with Gasteiger partial charge in [-0.05, 0) is 12.8 Å². The number of ether oxygens (including phenoxy) is 1. The van der Waals surface area contributed by atoms with Gasteiger partial charge in [0.15, 0.2) is 5.69 Å². The highest BCUT2D eigenvalue weighted by Crippen LogP contribution is 2.10. The molecule has 0 atom stereocenters. The Hall–Kier alpha value is -2.21. The molecule has 0 aliphatic carbocycles. The van der Waals surface area contributed by atoms with Crippen LogP contribution in [-0.4, -0.2) is 34.9 Å². The highest BCUT2D eigenvalue weighted by molar-refractivity contribution is 5.57. The molecule has 0 aliphatic heterocycles. The van der Waals surface area contributed by atoms with E-state index in [1.54, 1.807) is 0 Å². The average Bonchev–Trinajstić information content (AvgIpc) is 2.55. The number of nitrogens with zero attached hydrogens (tertiary/aromatic N) is 2. The number of hydrogen-bond donors (Lipinski definition) is 2. The summed E-state index contributed by atoms with van der Waals surface area (Å²) in [6.07, 6.45) is 3.09. The van der Waals surface area contributed by atoms with Crippen LogP contribution in [0.5, 0.6) is 0 Å². The minimum absolute atomic E-state index is 0.247. The summed E-state index contributed by atoms with van der Waals surface area (Å²) in [7, 11) is 0. The molecule has 2 rings (SSSR count). The number of nitrogens with one attached hydrogen (secondary N) is 2. The fourth-order valence-corrected chi connectivity index (χ4v) is 1.93. The van der Waals surface area contributed by atoms with E-state index in [0.29, 0.717) is 24.8 Å². The number of hydrogen-bond acceptors (Lipinski definition) is 5. The number of rotatable bonds is 9. The van der Waals surface area contributed by atoms with Gasteiger partial charge in [-0.1, -0.05) is 43.7 Å². The molecule has 6 heteroatoms. The smallest absolute Gasteiger partial charge is 0.279 e. The summed E-state index contributed by atoms with van der Waals surface area (Å²) < 4.78 is 5.46. The quantitative estimate of drug-likeness (QED) is 0.696. The largest absolute Gasteiger partial charge is 0.381 e. The second-order valence-electron chi connectivity index (χ2n) is 4.96. The number of aromatic nitrogens is 3. The van der Waals surface area contributed by atoms with Crippen molar-refractivity contribution >= 4 is 5.95 Å². The maximum absolute atomic E-state index is 12.0. The summed E-state index contributed by atoms with van der Waals surface area (Å²) in [5.41, 5.74) is 0.837. The number of benzene rings is 1. The minimum Gasteiger partial charge on any atom is -0.381 e. The first kappa shape index (κ1) is 16.2. The van der Waals surface area contributed by atoms with E-state index in [1.165, 1.54) is 0 Å². The van der Waals surface area contributed by atoms with Crippen LogP contribution in [0.2, 0.25) is 0 Å². The Morgan fingerprint density at radius 3 is 2.64 bits per heavy atom. The standard InChI is InChI=1S/C16H22N4O2/c1-2-3-11-22-12-7-10-17-16-18-15(21)14(19-20-16)13-8-5-4-6-9-13/h4-6,8-9H,2-3,7,10-12H2,1H3,(H2,17,18,20,21). The molecule has 22 heavy (non-hydrogen) atoms. The monoisotopic (exact) mass is 302 g/mol. The third-order valence-electron chi connectivity index (χ3n) is 3.14. The van der Waals surface area contributed by atoms with Crippen LogP contribution in [0.1, 0.15) is 26.2 Å². The van der Waals surface area contributed by atoms with Gasteiger partial charge in [-0.3, -0.25) is 9.78 Å². The van der Waals surface area contributed by atoms with Gasteiger partial charge in [0.2, 0.25) is 5.95 Å². The van der Waals surface area contributed by atoms with Gasteiger partial charge < -0.3 is 10.1 Å². The second kappa shape index (κ2) is 8.94. The van der Waals surface area contributed by atoms with E-state index in [4.69, 9.17) is 4.74 Å². The van der Waals surface area contributed by atoms with Crippen LogP contribution in [0.3, 0.4) is 0 Å². The number of H-pyrrole nitrogens is 1. The van der Waals surface area contributed by atoms with E-state index in [-0.39, 0.29) is 5.56 Å². The van der Waals surface area contributed by atoms with Gasteiger partial charge in [0, 0.05) is 25.3 Å². The lowest BCUT2D eigenvalue weighted by Crippen LogP contribution is -2.18. The normalized spacial score (nSPS) is 10.6. The Morgan fingerprint density at radius 2 is 1.91 bits per heavy atom. The molecule has 1 aromatic heterocycles. The fraction of sp³-hybridized carbons (Fsp3) is 0.438. The number of aromatic amines is 1. The molecule has 1 heterocycles. The Bertz CT molecular complexity index is 613. The van der Waals surface area contributed by atoms with Crippen molar-refractivity contribution in [1.82, 2.24) is 15.2 Å². The molecule has 0 fully saturated rings. The van der Waals surface area contributed by atoms with Crippen LogP contribution >= 0.6 is 0 Å². The van der Waals surface area contributed by atoms with Gasteiger partial charge in [-0.25, -0.2) is 0 Å². The molecule has 2 aromatic rings. The Balaban J connectivity index is 1.82. The predicted octanol–water partition coefficient (Wildman–Crippen LogP) is 2.45. The first-order valence-electron chi connectivity index (χ1n) is 7.65. The first-order valence-corrected chi connectivity index (χ1v) is 7.65. The van der Waals surface area contributed by atoms with Crippen molar-refractivity contribution in [3.05, 3.63) is 40.7 Å². The lowest BCUT2D eigenvalue weighted by molar-refractivity contribution is 0.131. The number of unbranched alkanes of at least 4 members (excludes halogenated alkanes) is 1. The summed E-state index contributed by atoms with van der Waals surface area (Å²) in [4.78, 5) is 14.7. The highest BCUT2D eigenvalue weighted by atomic mass is 16.5. The molecule has 2 N–H and O–H groups in total. The average molecular weight is 302 g/mol. The molecular formula is C16H22N4O2. The van der Waals surface area contributed by atoms with Crippen molar-refractivity contribution in [3.63, 3.8) is 0 Å². The third kappa shape index (κ3) is 4.96. The van der Waals surface area contributed by atoms with Gasteiger partial charge in [-0.2, -0.15) is 0 Å². The Kier molecular flexibility index (Phi) is 6.57. The van der Waals surface area contributed by atoms with Crippen molar-refractivity contribution < 1.29 is 4.74 Å². The predicted molar refractivity (Wildman–Crippen MR) is 86.9 cm³/mol. The highest BCUT2D eigenvalue weighted by Gasteiger charge is 2.06. The summed E-state index contributed by atoms with van der Waals surface area (Å²) in [6, 6.07) is 9.28. The Morgan fingerprint density at radius 1 is 1.14 bits per heavy atom. The summed E-state index contributed by atoms with van der Waals surface area (Å²) >= 11 is 0. The molecule has 1 aromatic carbocycles. The van der Waals surface area contributed by atoms with Crippen molar-refractivity contribution in [1.29, 1.82) is 0 Å². The van der Waals surface area contributed by atoms with E-state index in [1.807, 2.05) is 30.3 Å². The summed E-state index contributed by atoms with van der Waals surface area (Å²) in [5, 5.41) is 11.1. The molecule has 0 radical (unpaired) electrons. The molecule has 0 aliphatic rings. The van der Waals surface area contributed by atoms with Gasteiger partial charge in [0.05, 0.1) is 0 Å². The zero-order valence-electron chi connectivity index (χ0n) is 12.8. The SMILES string of the molecule is CCCCOCCCNc1nnc(-c2ccccc2)c(=O)[nH]1. The van der Waals surface area contributed by atoms with E-state index < -0.39 is 0 Å². The molecule has 0 spiro atoms. The van der Waals surface area contributed by atoms with E-state index >= 15 is 0 Å². The van der Waals surface area contributed by atoms with Crippen molar-refractivity contribution in [3.8, 4) is 11.3 Å². The molecule has 118 valence electrons. The second-order valence-corrected chi connectivity index (χ2v) is 4.96. The maximum atomic E-state index is 12.0. The van der Waals surface area contributed by atoms with Gasteiger partial charge >= 0.3 is 0 Å². The zero-order chi connectivity index (χ0) is 15.6. The van der Waals surface area contributed by atoms with Gasteiger partial charge in [-0.15, -0.1) is 10.2 Å². The molecule has 0 saturated carbocycles. The van der Waals surface area contributed by atoms with E-state index in [0.717, 1.165) is 31.4 Å². The lowest BCUT2D eigenvalue weighted by Gasteiger charge is -2.06. The van der Waals surface area contributed by atoms with Crippen molar-refractivity contribution in [2.75, 3.05) is 25.1 Å². The van der Waals surface area contributed by atoms with Crippen molar-refractivity contribution in [2.24, 2.45) is 0 Å². The molecule has 0 amide bonds. The topological polar surface area (TPSA) is 79.9 Å². The molecular weight excluding hydrogens is 280 g/mol. The fourth-order valence-electron chi connectivity index (χ4n) is 1.93. The summed E-state index contributed by atoms with van der Waals surface area (Å²) in [5.74, 6) is 0.387. The molecule has 0 saturated heterocycles. The van der Waals surface area contributed by atoms with Gasteiger partial charge in [0.25, 0.3) is 5.56 Å². The van der Waals surface area contributed by atoms with Crippen LogP contribution in [-0.2, 0) is 4.74 Å². The van der Waals surface area contributed by atoms with Crippen LogP contribution in [0, 0.1) is 0 Å². The van der Waals surface area contributed by atoms with Crippen LogP contribution in [0.15, 0.2) is 35.1 Å². The molecule has 0 bridgehead atoms. The summed E-state index contributed by atoms with van der Waals surface area (Å²) in [6.45, 7) is 4.33. The van der Waals surface area contributed by atoms with Crippen LogP contribution in [0.25, 0.3) is 11.3 Å². The van der Waals surface area contributed by atoms with E-state index in [2.05, 4.69) is 27.4 Å². The van der Waals surface area contributed by atoms with E-state index in [9.17, 15) is 4.79 Å². The third-order valence-corrected chi connectivity index (χ3v) is 3.14. The lowest BCUT2D eigenvalue weighted by atomic mass is 10.2. The number of anilines is 1. The van der Waals surface area contributed by atoms with Crippen LogP contribution in [0.4, 0.5) is 5.95 Å².